The van der Waals surface area contributed by atoms with Gasteiger partial charge in [-0.25, -0.2) is 9.59 Å². The van der Waals surface area contributed by atoms with Gasteiger partial charge in [0.1, 0.15) is 11.5 Å². The van der Waals surface area contributed by atoms with Gasteiger partial charge in [-0.05, 0) is 75.9 Å². The molecule has 0 radical (unpaired) electrons. The standard InChI is InChI=1S/C43H64O12/c1-33(2)41(44)52-27-11-25-46-21-9-23-48-29-31-50-35(5)54-39-17-13-37(14-18-39)43(7,8)38-15-19-40(20-16-38)55-36(6)51-32-30-49-24-10-22-47-26-12-28-53-42(45)34(3)4/h13-20,35-36H,1,3,9-12,21-32H2,2,4-8H3. The number of carbonyl (C=O) groups is 2. The second kappa shape index (κ2) is 27.7. The Kier molecular flexibility index (Phi) is 23.9. The summed E-state index contributed by atoms with van der Waals surface area (Å²) in [5, 5.41) is 0. The molecule has 12 heteroatoms. The second-order valence-electron chi connectivity index (χ2n) is 13.5. The van der Waals surface area contributed by atoms with Crippen molar-refractivity contribution >= 4 is 11.9 Å². The summed E-state index contributed by atoms with van der Waals surface area (Å²) in [7, 11) is 0. The molecule has 2 aromatic rings. The van der Waals surface area contributed by atoms with Crippen molar-refractivity contribution in [3.8, 4) is 11.5 Å². The summed E-state index contributed by atoms with van der Waals surface area (Å²) in [5.74, 6) is 0.706. The minimum atomic E-state index is -0.425. The molecule has 0 spiro atoms. The highest BCUT2D eigenvalue weighted by Crippen LogP contribution is 2.33. The van der Waals surface area contributed by atoms with Gasteiger partial charge in [-0.3, -0.25) is 0 Å². The van der Waals surface area contributed by atoms with Gasteiger partial charge in [0.2, 0.25) is 0 Å². The summed E-state index contributed by atoms with van der Waals surface area (Å²) in [5.41, 5.74) is 2.84. The molecule has 0 aliphatic heterocycles. The molecule has 0 aromatic heterocycles. The number of esters is 2. The van der Waals surface area contributed by atoms with Crippen molar-refractivity contribution in [1.29, 1.82) is 0 Å². The van der Waals surface area contributed by atoms with Crippen molar-refractivity contribution in [1.82, 2.24) is 0 Å². The highest BCUT2D eigenvalue weighted by Gasteiger charge is 2.23. The zero-order chi connectivity index (χ0) is 40.3. The minimum Gasteiger partial charge on any atom is -0.465 e. The van der Waals surface area contributed by atoms with Crippen LogP contribution in [0.2, 0.25) is 0 Å². The maximum atomic E-state index is 11.3. The predicted octanol–water partition coefficient (Wildman–Crippen LogP) is 7.36. The lowest BCUT2D eigenvalue weighted by molar-refractivity contribution is -0.140. The molecular formula is C43H64O12. The fourth-order valence-electron chi connectivity index (χ4n) is 4.90. The normalized spacial score (nSPS) is 12.5. The number of carbonyl (C=O) groups excluding carboxylic acids is 2. The molecule has 0 amide bonds. The van der Waals surface area contributed by atoms with Gasteiger partial charge < -0.3 is 47.4 Å². The average Bonchev–Trinajstić information content (AvgIpc) is 3.15. The monoisotopic (exact) mass is 772 g/mol. The van der Waals surface area contributed by atoms with Crippen LogP contribution in [0.4, 0.5) is 0 Å². The molecule has 0 N–H and O–H groups in total. The molecule has 2 aromatic carbocycles. The number of hydrogen-bond acceptors (Lipinski definition) is 12. The minimum absolute atomic E-state index is 0.245. The summed E-state index contributed by atoms with van der Waals surface area (Å²) in [4.78, 5) is 22.6. The van der Waals surface area contributed by atoms with E-state index in [-0.39, 0.29) is 17.4 Å². The van der Waals surface area contributed by atoms with Crippen LogP contribution in [-0.2, 0) is 52.9 Å². The number of hydrogen-bond donors (Lipinski definition) is 0. The fraction of sp³-hybridized carbons (Fsp3) is 0.581. The van der Waals surface area contributed by atoms with E-state index in [2.05, 4.69) is 51.3 Å². The SMILES string of the molecule is C=C(C)C(=O)OCCCOCCCOCCOC(C)Oc1ccc(C(C)(C)c2ccc(OC(C)OCCOCCCOCCCOC(=O)C(=C)C)cc2)cc1. The maximum Gasteiger partial charge on any atom is 0.333 e. The van der Waals surface area contributed by atoms with Gasteiger partial charge >= 0.3 is 11.9 Å². The molecule has 2 atom stereocenters. The molecular weight excluding hydrogens is 708 g/mol. The molecule has 0 bridgehead atoms. The third-order valence-corrected chi connectivity index (χ3v) is 8.10. The topological polar surface area (TPSA) is 126 Å². The molecule has 0 aliphatic carbocycles. The van der Waals surface area contributed by atoms with Crippen molar-refractivity contribution in [2.75, 3.05) is 79.3 Å². The lowest BCUT2D eigenvalue weighted by Gasteiger charge is -2.27. The highest BCUT2D eigenvalue weighted by atomic mass is 16.7. The van der Waals surface area contributed by atoms with Crippen LogP contribution in [0, 0.1) is 0 Å². The van der Waals surface area contributed by atoms with Crippen molar-refractivity contribution in [2.24, 2.45) is 0 Å². The van der Waals surface area contributed by atoms with Crippen LogP contribution in [0.3, 0.4) is 0 Å². The van der Waals surface area contributed by atoms with Crippen LogP contribution in [0.5, 0.6) is 11.5 Å². The van der Waals surface area contributed by atoms with Crippen LogP contribution in [0.1, 0.15) is 78.4 Å². The number of ether oxygens (including phenoxy) is 10. The third kappa shape index (κ3) is 21.2. The summed E-state index contributed by atoms with van der Waals surface area (Å²) in [6.07, 6.45) is 1.98. The van der Waals surface area contributed by atoms with E-state index in [1.165, 1.54) is 0 Å². The largest absolute Gasteiger partial charge is 0.465 e. The first-order chi connectivity index (χ1) is 26.4. The summed E-state index contributed by atoms with van der Waals surface area (Å²) >= 11 is 0. The molecule has 2 rings (SSSR count). The lowest BCUT2D eigenvalue weighted by atomic mass is 9.78. The molecule has 0 saturated heterocycles. The van der Waals surface area contributed by atoms with E-state index in [1.54, 1.807) is 13.8 Å². The zero-order valence-electron chi connectivity index (χ0n) is 33.9. The van der Waals surface area contributed by atoms with E-state index in [4.69, 9.17) is 47.4 Å². The van der Waals surface area contributed by atoms with Gasteiger partial charge in [0, 0.05) is 69.0 Å². The first kappa shape index (κ1) is 47.4. The molecule has 12 nitrogen and oxygen atoms in total. The summed E-state index contributed by atoms with van der Waals surface area (Å²) in [6.45, 7) is 24.2. The Morgan fingerprint density at radius 1 is 0.509 bits per heavy atom. The van der Waals surface area contributed by atoms with Gasteiger partial charge in [0.05, 0.1) is 39.6 Å². The second-order valence-corrected chi connectivity index (χ2v) is 13.5. The van der Waals surface area contributed by atoms with Crippen molar-refractivity contribution in [3.05, 3.63) is 84.0 Å². The van der Waals surface area contributed by atoms with E-state index >= 15 is 0 Å². The third-order valence-electron chi connectivity index (χ3n) is 8.10. The van der Waals surface area contributed by atoms with Crippen LogP contribution in [-0.4, -0.2) is 104 Å². The van der Waals surface area contributed by atoms with E-state index in [0.29, 0.717) is 103 Å². The number of rotatable bonds is 32. The fourth-order valence-corrected chi connectivity index (χ4v) is 4.90. The Morgan fingerprint density at radius 3 is 1.15 bits per heavy atom. The maximum absolute atomic E-state index is 11.3. The Morgan fingerprint density at radius 2 is 0.818 bits per heavy atom. The van der Waals surface area contributed by atoms with E-state index < -0.39 is 12.6 Å². The molecule has 0 saturated carbocycles. The number of benzene rings is 2. The van der Waals surface area contributed by atoms with Gasteiger partial charge in [0.25, 0.3) is 0 Å². The van der Waals surface area contributed by atoms with Gasteiger partial charge in [-0.1, -0.05) is 51.3 Å². The Balaban J connectivity index is 1.55. The molecule has 2 unspecified atom stereocenters. The Hall–Kier alpha value is -3.78. The predicted molar refractivity (Wildman–Crippen MR) is 210 cm³/mol. The van der Waals surface area contributed by atoms with Crippen molar-refractivity contribution < 1.29 is 57.0 Å². The first-order valence-corrected chi connectivity index (χ1v) is 19.1. The van der Waals surface area contributed by atoms with Crippen LogP contribution in [0.25, 0.3) is 0 Å². The molecule has 308 valence electrons. The summed E-state index contributed by atoms with van der Waals surface area (Å²) < 4.78 is 55.8. The molecule has 0 fully saturated rings. The Bertz CT molecular complexity index is 1270. The zero-order valence-corrected chi connectivity index (χ0v) is 33.9. The van der Waals surface area contributed by atoms with Crippen molar-refractivity contribution in [3.63, 3.8) is 0 Å². The lowest BCUT2D eigenvalue weighted by Crippen LogP contribution is -2.21. The van der Waals surface area contributed by atoms with Gasteiger partial charge in [-0.2, -0.15) is 0 Å². The van der Waals surface area contributed by atoms with Crippen molar-refractivity contribution in [2.45, 2.75) is 85.2 Å². The van der Waals surface area contributed by atoms with Crippen LogP contribution >= 0.6 is 0 Å². The van der Waals surface area contributed by atoms with Gasteiger partial charge in [0.15, 0.2) is 12.6 Å². The average molecular weight is 773 g/mol. The van der Waals surface area contributed by atoms with E-state index in [0.717, 1.165) is 35.5 Å². The van der Waals surface area contributed by atoms with E-state index in [9.17, 15) is 9.59 Å². The molecule has 0 aliphatic rings. The van der Waals surface area contributed by atoms with Gasteiger partial charge in [-0.15, -0.1) is 0 Å². The quantitative estimate of drug-likeness (QED) is 0.0319. The smallest absolute Gasteiger partial charge is 0.333 e. The Labute approximate surface area is 328 Å². The highest BCUT2D eigenvalue weighted by molar-refractivity contribution is 5.87. The van der Waals surface area contributed by atoms with Crippen LogP contribution in [0.15, 0.2) is 72.8 Å². The molecule has 0 heterocycles. The van der Waals surface area contributed by atoms with E-state index in [1.807, 2.05) is 38.1 Å². The molecule has 55 heavy (non-hydrogen) atoms. The summed E-state index contributed by atoms with van der Waals surface area (Å²) in [6, 6.07) is 16.1. The van der Waals surface area contributed by atoms with Crippen LogP contribution < -0.4 is 9.47 Å². The first-order valence-electron chi connectivity index (χ1n) is 19.1.